The van der Waals surface area contributed by atoms with Crippen molar-refractivity contribution in [3.8, 4) is 57.9 Å². The SMILES string of the molecule is Cn1ccnc1-c1nc2ccccc2[n-]1.O=c1cc[n-]c(-c2ccccn2)c1.[Ir].[Ir].[Ir].[Ir].[Ir].c1ccc2[n-]c(-c3cscn3)nc2c1.c1ccc2[n-]c(-c3ncco3)nc2c1.c1cnc(-c2nc3ccccc3[n-]2)nc1. The van der Waals surface area contributed by atoms with E-state index >= 15 is 0 Å². The Labute approximate surface area is 504 Å². The smallest absolute Gasteiger partial charge is 0.217 e. The molecular weight excluding hydrogens is 1870 g/mol. The Hall–Kier alpha value is -6.76. The molecule has 24 heteroatoms. The number of hydrogen-bond donors (Lipinski definition) is 0. The van der Waals surface area contributed by atoms with E-state index in [0.717, 1.165) is 61.3 Å². The third kappa shape index (κ3) is 15.2. The number of oxazole rings is 1. The molecule has 5 radical (unpaired) electrons. The monoisotopic (exact) mass is 1910 g/mol. The zero-order valence-electron chi connectivity index (χ0n) is 39.0. The minimum atomic E-state index is -0.0457. The Balaban J connectivity index is 0.000000173. The van der Waals surface area contributed by atoms with Crippen molar-refractivity contribution in [2.45, 2.75) is 0 Å². The number of pyridine rings is 2. The molecule has 0 aliphatic heterocycles. The molecule has 391 valence electrons. The van der Waals surface area contributed by atoms with Gasteiger partial charge in [-0.1, -0.05) is 103 Å². The first-order valence-electron chi connectivity index (χ1n) is 21.7. The van der Waals surface area contributed by atoms with Gasteiger partial charge in [0.1, 0.15) is 12.1 Å². The summed E-state index contributed by atoms with van der Waals surface area (Å²) in [5, 5.41) is 1.95. The van der Waals surface area contributed by atoms with E-state index in [1.54, 1.807) is 53.9 Å². The molecule has 76 heavy (non-hydrogen) atoms. The average Bonchev–Trinajstić information content (AvgIpc) is 4.28. The predicted octanol–water partition coefficient (Wildman–Crippen LogP) is 8.46. The second-order valence-corrected chi connectivity index (χ2v) is 15.6. The van der Waals surface area contributed by atoms with Gasteiger partial charge >= 0.3 is 0 Å². The van der Waals surface area contributed by atoms with Crippen LogP contribution in [0, 0.1) is 0 Å². The maximum absolute atomic E-state index is 11.0. The molecule has 4 aromatic carbocycles. The first kappa shape index (κ1) is 60.1. The van der Waals surface area contributed by atoms with Crippen LogP contribution in [0.5, 0.6) is 0 Å². The summed E-state index contributed by atoms with van der Waals surface area (Å²) < 4.78 is 7.02. The first-order valence-corrected chi connectivity index (χ1v) is 22.6. The number of thiazole rings is 1. The van der Waals surface area contributed by atoms with E-state index in [4.69, 9.17) is 4.42 Å². The van der Waals surface area contributed by atoms with Crippen LogP contribution in [0.2, 0.25) is 0 Å². The van der Waals surface area contributed by atoms with Crippen molar-refractivity contribution >= 4 is 55.5 Å². The molecule has 0 bridgehead atoms. The van der Waals surface area contributed by atoms with Crippen molar-refractivity contribution in [1.82, 2.24) is 79.3 Å². The quantitative estimate of drug-likeness (QED) is 0.157. The van der Waals surface area contributed by atoms with Crippen LogP contribution in [-0.4, -0.2) is 54.4 Å². The van der Waals surface area contributed by atoms with Gasteiger partial charge in [-0.2, -0.15) is 6.20 Å². The van der Waals surface area contributed by atoms with Crippen molar-refractivity contribution in [2.24, 2.45) is 7.05 Å². The largest absolute Gasteiger partial charge is 0.662 e. The van der Waals surface area contributed by atoms with Crippen molar-refractivity contribution in [1.29, 1.82) is 0 Å². The summed E-state index contributed by atoms with van der Waals surface area (Å²) in [6, 6.07) is 41.2. The molecule has 0 saturated heterocycles. The minimum Gasteiger partial charge on any atom is -0.662 e. The standard InChI is InChI=1S/C11H9N4.C11H7N4.C10H6N3O.C10H6N3S.C10H8N2O.5Ir/c1-15-7-6-12-11(15)10-13-8-4-2-3-5-9(8)14-10;1-2-5-9-8(4-1)14-11(15-9)10-12-6-3-7-13-10;1-2-4-8-7(3-1)12-9(13-8)10-11-5-6-14-10;1-2-4-8-7(3-1)12-10(13-8)9-5-14-6-11-9;13-8-4-6-12-10(7-8)9-3-1-2-5-11-9;;;;;/h2-7H,1H3;1-7H;2*1-6H;1-7H,(H,12,13);;;;;/q4*-1;;;;;;/p-1. The normalized spacial score (nSPS) is 9.96. The van der Waals surface area contributed by atoms with E-state index < -0.39 is 0 Å². The zero-order chi connectivity index (χ0) is 48.2. The molecule has 0 atom stereocenters. The molecule has 14 rings (SSSR count). The summed E-state index contributed by atoms with van der Waals surface area (Å²) in [7, 11) is 1.93. The van der Waals surface area contributed by atoms with E-state index in [-0.39, 0.29) is 106 Å². The molecule has 0 spiro atoms. The fourth-order valence-corrected chi connectivity index (χ4v) is 7.28. The number of nitrogens with zero attached hydrogens (tertiary/aromatic N) is 16. The van der Waals surface area contributed by atoms with E-state index in [1.807, 2.05) is 138 Å². The summed E-state index contributed by atoms with van der Waals surface area (Å²) in [6.07, 6.45) is 13.3. The summed E-state index contributed by atoms with van der Waals surface area (Å²) in [6.45, 7) is 0. The van der Waals surface area contributed by atoms with Crippen molar-refractivity contribution in [2.75, 3.05) is 0 Å². The van der Waals surface area contributed by atoms with E-state index in [9.17, 15) is 4.79 Å². The van der Waals surface area contributed by atoms with Crippen molar-refractivity contribution in [3.05, 3.63) is 204 Å². The van der Waals surface area contributed by atoms with Crippen LogP contribution in [0.15, 0.2) is 203 Å². The van der Waals surface area contributed by atoms with Gasteiger partial charge < -0.3 is 53.8 Å². The number of aromatic nitrogens is 16. The van der Waals surface area contributed by atoms with Gasteiger partial charge in [-0.15, -0.1) is 17.0 Å². The Morgan fingerprint density at radius 3 is 1.53 bits per heavy atom. The molecule has 0 amide bonds. The first-order chi connectivity index (χ1) is 35.0. The fraction of sp³-hybridized carbons (Fsp3) is 0.0192. The van der Waals surface area contributed by atoms with Crippen molar-refractivity contribution < 1.29 is 105 Å². The van der Waals surface area contributed by atoms with Crippen LogP contribution in [0.25, 0.3) is 102 Å². The molecule has 14 aromatic rings. The number of rotatable bonds is 5. The van der Waals surface area contributed by atoms with E-state index in [1.165, 1.54) is 24.6 Å². The summed E-state index contributed by atoms with van der Waals surface area (Å²) in [4.78, 5) is 74.6. The Morgan fingerprint density at radius 1 is 0.487 bits per heavy atom. The zero-order valence-corrected chi connectivity index (χ0v) is 51.8. The van der Waals surface area contributed by atoms with E-state index in [0.29, 0.717) is 40.7 Å². The van der Waals surface area contributed by atoms with Crippen LogP contribution >= 0.6 is 11.3 Å². The molecule has 0 saturated carbocycles. The number of benzene rings is 4. The molecule has 0 aliphatic carbocycles. The number of imidazole rings is 5. The number of aryl methyl sites for hydroxylation is 1. The van der Waals surface area contributed by atoms with Crippen LogP contribution in [0.1, 0.15) is 0 Å². The van der Waals surface area contributed by atoms with Crippen LogP contribution < -0.4 is 30.3 Å². The molecule has 10 heterocycles. The second kappa shape index (κ2) is 29.5. The van der Waals surface area contributed by atoms with Gasteiger partial charge in [-0.05, 0) is 91.9 Å². The third-order valence-corrected chi connectivity index (χ3v) is 10.7. The maximum atomic E-state index is 11.0. The Kier molecular flexibility index (Phi) is 23.3. The van der Waals surface area contributed by atoms with Crippen LogP contribution in [0.4, 0.5) is 0 Å². The van der Waals surface area contributed by atoms with Gasteiger partial charge in [0.15, 0.2) is 11.3 Å². The topological polar surface area (TPSA) is 235 Å². The minimum absolute atomic E-state index is 0. The molecule has 0 fully saturated rings. The third-order valence-electron chi connectivity index (χ3n) is 10.1. The van der Waals surface area contributed by atoms with Crippen molar-refractivity contribution in [3.63, 3.8) is 0 Å². The van der Waals surface area contributed by atoms with Gasteiger partial charge in [0.2, 0.25) is 5.89 Å². The van der Waals surface area contributed by atoms with Gasteiger partial charge in [0.25, 0.3) is 0 Å². The van der Waals surface area contributed by atoms with Gasteiger partial charge in [0, 0.05) is 155 Å². The molecular formula is C52H35Ir5N16O2S-5. The molecule has 0 aliphatic rings. The molecule has 18 nitrogen and oxygen atoms in total. The maximum Gasteiger partial charge on any atom is 0.217 e. The van der Waals surface area contributed by atoms with Gasteiger partial charge in [-0.3, -0.25) is 9.78 Å². The molecule has 0 N–H and O–H groups in total. The van der Waals surface area contributed by atoms with Gasteiger partial charge in [0.05, 0.1) is 17.4 Å². The predicted molar refractivity (Wildman–Crippen MR) is 269 cm³/mol. The average molecular weight is 1910 g/mol. The molecule has 0 unspecified atom stereocenters. The van der Waals surface area contributed by atoms with E-state index in [2.05, 4.69) is 74.8 Å². The Morgan fingerprint density at radius 2 is 1.01 bits per heavy atom. The van der Waals surface area contributed by atoms with Crippen LogP contribution in [0.3, 0.4) is 0 Å². The summed E-state index contributed by atoms with van der Waals surface area (Å²) in [5.41, 5.74) is 11.1. The number of para-hydroxylation sites is 8. The van der Waals surface area contributed by atoms with Crippen LogP contribution in [-0.2, 0) is 108 Å². The molecule has 10 aromatic heterocycles. The number of hydrogen-bond acceptors (Lipinski definition) is 13. The fourth-order valence-electron chi connectivity index (χ4n) is 6.75. The summed E-state index contributed by atoms with van der Waals surface area (Å²) >= 11 is 1.55. The van der Waals surface area contributed by atoms with Gasteiger partial charge in [-0.25, -0.2) is 24.9 Å². The Bertz CT molecular complexity index is 3740. The summed E-state index contributed by atoms with van der Waals surface area (Å²) in [5.74, 6) is 4.34. The second-order valence-electron chi connectivity index (χ2n) is 14.9. The number of fused-ring (bicyclic) bond motifs is 4.